The first-order valence-corrected chi connectivity index (χ1v) is 7.35. The van der Waals surface area contributed by atoms with E-state index in [2.05, 4.69) is 12.1 Å². The molecule has 0 aliphatic heterocycles. The zero-order valence-electron chi connectivity index (χ0n) is 12.0. The van der Waals surface area contributed by atoms with E-state index in [1.165, 1.54) is 5.56 Å². The van der Waals surface area contributed by atoms with Crippen LogP contribution in [0.25, 0.3) is 0 Å². The Bertz CT molecular complexity index is 403. The molecule has 0 bridgehead atoms. The molecule has 0 N–H and O–H groups in total. The first-order valence-electron chi connectivity index (χ1n) is 7.35. The smallest absolute Gasteiger partial charge is 0.145 e. The van der Waals surface area contributed by atoms with Gasteiger partial charge in [0.05, 0.1) is 18.1 Å². The predicted molar refractivity (Wildman–Crippen MR) is 77.3 cm³/mol. The first-order chi connectivity index (χ1) is 9.15. The summed E-state index contributed by atoms with van der Waals surface area (Å²) in [6.07, 6.45) is 5.04. The Morgan fingerprint density at radius 1 is 1.21 bits per heavy atom. The van der Waals surface area contributed by atoms with Crippen molar-refractivity contribution in [2.24, 2.45) is 0 Å². The quantitative estimate of drug-likeness (QED) is 0.776. The van der Waals surface area contributed by atoms with Crippen LogP contribution in [0, 0.1) is 0 Å². The van der Waals surface area contributed by atoms with Crippen LogP contribution < -0.4 is 0 Å². The average molecular weight is 260 g/mol. The fourth-order valence-corrected chi connectivity index (χ4v) is 3.09. The molecule has 0 aromatic heterocycles. The van der Waals surface area contributed by atoms with Crippen LogP contribution in [0.5, 0.6) is 0 Å². The average Bonchev–Trinajstić information content (AvgIpc) is 2.90. The van der Waals surface area contributed by atoms with E-state index in [4.69, 9.17) is 4.74 Å². The van der Waals surface area contributed by atoms with E-state index in [-0.39, 0.29) is 11.5 Å². The molecule has 0 radical (unpaired) electrons. The van der Waals surface area contributed by atoms with E-state index in [9.17, 15) is 4.79 Å². The zero-order valence-corrected chi connectivity index (χ0v) is 12.0. The number of carbonyl (C=O) groups is 1. The summed E-state index contributed by atoms with van der Waals surface area (Å²) in [6, 6.07) is 10.3. The molecule has 1 aliphatic carbocycles. The van der Waals surface area contributed by atoms with E-state index >= 15 is 0 Å². The summed E-state index contributed by atoms with van der Waals surface area (Å²) in [5.41, 5.74) is 0.962. The Balaban J connectivity index is 2.09. The number of hydrogen-bond acceptors (Lipinski definition) is 2. The van der Waals surface area contributed by atoms with E-state index < -0.39 is 0 Å². The van der Waals surface area contributed by atoms with Gasteiger partial charge in [-0.05, 0) is 32.3 Å². The standard InChI is InChI=1S/C17H24O2/c1-14(2)19-13-10-16(18)17(11-6-7-12-17)15-8-4-3-5-9-15/h3-5,8-9,14H,6-7,10-13H2,1-2H3. The monoisotopic (exact) mass is 260 g/mol. The molecule has 104 valence electrons. The Morgan fingerprint density at radius 3 is 2.42 bits per heavy atom. The van der Waals surface area contributed by atoms with Crippen LogP contribution in [0.15, 0.2) is 30.3 Å². The van der Waals surface area contributed by atoms with Crippen LogP contribution in [-0.2, 0) is 14.9 Å². The fraction of sp³-hybridized carbons (Fsp3) is 0.588. The van der Waals surface area contributed by atoms with Gasteiger partial charge in [0.1, 0.15) is 5.78 Å². The zero-order chi connectivity index (χ0) is 13.7. The van der Waals surface area contributed by atoms with Crippen LogP contribution >= 0.6 is 0 Å². The summed E-state index contributed by atoms with van der Waals surface area (Å²) in [5.74, 6) is 0.358. The number of Topliss-reactive ketones (excluding diaryl/α,β-unsaturated/α-hetero) is 1. The summed E-state index contributed by atoms with van der Waals surface area (Å²) in [7, 11) is 0. The number of ketones is 1. The van der Waals surface area contributed by atoms with Crippen molar-refractivity contribution in [2.45, 2.75) is 57.5 Å². The van der Waals surface area contributed by atoms with Crippen molar-refractivity contribution in [3.63, 3.8) is 0 Å². The van der Waals surface area contributed by atoms with Crippen LogP contribution in [0.2, 0.25) is 0 Å². The molecule has 1 saturated carbocycles. The third-order valence-corrected chi connectivity index (χ3v) is 4.10. The molecular weight excluding hydrogens is 236 g/mol. The molecule has 0 heterocycles. The Morgan fingerprint density at radius 2 is 1.84 bits per heavy atom. The Kier molecular flexibility index (Phi) is 4.76. The minimum absolute atomic E-state index is 0.198. The van der Waals surface area contributed by atoms with Gasteiger partial charge in [0.2, 0.25) is 0 Å². The lowest BCUT2D eigenvalue weighted by atomic mass is 9.74. The fourth-order valence-electron chi connectivity index (χ4n) is 3.09. The van der Waals surface area contributed by atoms with Crippen LogP contribution in [0.3, 0.4) is 0 Å². The summed E-state index contributed by atoms with van der Waals surface area (Å²) < 4.78 is 5.53. The molecule has 0 spiro atoms. The number of ether oxygens (including phenoxy) is 1. The van der Waals surface area contributed by atoms with Gasteiger partial charge < -0.3 is 4.74 Å². The molecular formula is C17H24O2. The summed E-state index contributed by atoms with van der Waals surface area (Å²) in [5, 5.41) is 0. The highest BCUT2D eigenvalue weighted by molar-refractivity contribution is 5.90. The Hall–Kier alpha value is -1.15. The van der Waals surface area contributed by atoms with E-state index in [0.717, 1.165) is 25.7 Å². The summed E-state index contributed by atoms with van der Waals surface area (Å²) >= 11 is 0. The largest absolute Gasteiger partial charge is 0.378 e. The molecule has 0 amide bonds. The van der Waals surface area contributed by atoms with E-state index in [1.807, 2.05) is 32.0 Å². The van der Waals surface area contributed by atoms with Crippen molar-refractivity contribution in [1.29, 1.82) is 0 Å². The molecule has 0 atom stereocenters. The predicted octanol–water partition coefficient (Wildman–Crippen LogP) is 3.88. The van der Waals surface area contributed by atoms with Gasteiger partial charge >= 0.3 is 0 Å². The van der Waals surface area contributed by atoms with Crippen molar-refractivity contribution in [3.05, 3.63) is 35.9 Å². The molecule has 1 fully saturated rings. The van der Waals surface area contributed by atoms with Gasteiger partial charge in [0, 0.05) is 6.42 Å². The maximum atomic E-state index is 12.7. The topological polar surface area (TPSA) is 26.3 Å². The minimum Gasteiger partial charge on any atom is -0.378 e. The molecule has 2 nitrogen and oxygen atoms in total. The van der Waals surface area contributed by atoms with Gasteiger partial charge in [-0.1, -0.05) is 43.2 Å². The molecule has 19 heavy (non-hydrogen) atoms. The molecule has 0 saturated heterocycles. The van der Waals surface area contributed by atoms with Crippen molar-refractivity contribution in [3.8, 4) is 0 Å². The highest BCUT2D eigenvalue weighted by Crippen LogP contribution is 2.42. The second-order valence-electron chi connectivity index (χ2n) is 5.75. The molecule has 1 aromatic rings. The number of hydrogen-bond donors (Lipinski definition) is 0. The maximum Gasteiger partial charge on any atom is 0.145 e. The lowest BCUT2D eigenvalue weighted by Crippen LogP contribution is -2.33. The van der Waals surface area contributed by atoms with Gasteiger partial charge in [-0.2, -0.15) is 0 Å². The van der Waals surface area contributed by atoms with Gasteiger partial charge in [-0.15, -0.1) is 0 Å². The second kappa shape index (κ2) is 6.33. The third kappa shape index (κ3) is 3.24. The van der Waals surface area contributed by atoms with Crippen molar-refractivity contribution >= 4 is 5.78 Å². The van der Waals surface area contributed by atoms with E-state index in [0.29, 0.717) is 18.8 Å². The van der Waals surface area contributed by atoms with Crippen molar-refractivity contribution in [2.75, 3.05) is 6.61 Å². The maximum absolute atomic E-state index is 12.7. The highest BCUT2D eigenvalue weighted by Gasteiger charge is 2.41. The number of rotatable bonds is 6. The van der Waals surface area contributed by atoms with Gasteiger partial charge in [-0.25, -0.2) is 0 Å². The summed E-state index contributed by atoms with van der Waals surface area (Å²) in [4.78, 5) is 12.7. The lowest BCUT2D eigenvalue weighted by molar-refractivity contribution is -0.125. The first kappa shape index (κ1) is 14.3. The van der Waals surface area contributed by atoms with Crippen LogP contribution in [-0.4, -0.2) is 18.5 Å². The van der Waals surface area contributed by atoms with E-state index in [1.54, 1.807) is 0 Å². The third-order valence-electron chi connectivity index (χ3n) is 4.10. The summed E-state index contributed by atoms with van der Waals surface area (Å²) in [6.45, 7) is 4.56. The van der Waals surface area contributed by atoms with Gasteiger partial charge in [0.25, 0.3) is 0 Å². The van der Waals surface area contributed by atoms with Crippen molar-refractivity contribution < 1.29 is 9.53 Å². The van der Waals surface area contributed by atoms with Gasteiger partial charge in [-0.3, -0.25) is 4.79 Å². The lowest BCUT2D eigenvalue weighted by Gasteiger charge is -2.28. The molecule has 2 rings (SSSR count). The SMILES string of the molecule is CC(C)OCCC(=O)C1(c2ccccc2)CCCC1. The van der Waals surface area contributed by atoms with Crippen LogP contribution in [0.4, 0.5) is 0 Å². The molecule has 1 aromatic carbocycles. The minimum atomic E-state index is -0.235. The van der Waals surface area contributed by atoms with Crippen LogP contribution in [0.1, 0.15) is 51.5 Å². The van der Waals surface area contributed by atoms with Crippen molar-refractivity contribution in [1.82, 2.24) is 0 Å². The van der Waals surface area contributed by atoms with Gasteiger partial charge in [0.15, 0.2) is 0 Å². The molecule has 2 heteroatoms. The number of benzene rings is 1. The second-order valence-corrected chi connectivity index (χ2v) is 5.75. The number of carbonyl (C=O) groups excluding carboxylic acids is 1. The Labute approximate surface area is 116 Å². The molecule has 1 aliphatic rings. The molecule has 0 unspecified atom stereocenters. The normalized spacial score (nSPS) is 17.8. The highest BCUT2D eigenvalue weighted by atomic mass is 16.5.